The lowest BCUT2D eigenvalue weighted by Gasteiger charge is -2.25. The van der Waals surface area contributed by atoms with Crippen molar-refractivity contribution in [3.05, 3.63) is 52.9 Å². The predicted molar refractivity (Wildman–Crippen MR) is 94.7 cm³/mol. The van der Waals surface area contributed by atoms with E-state index in [-0.39, 0.29) is 6.61 Å². The number of hydrogen-bond donors (Lipinski definition) is 3. The maximum atomic E-state index is 11.3. The van der Waals surface area contributed by atoms with Gasteiger partial charge in [0.25, 0.3) is 0 Å². The molecule has 25 heavy (non-hydrogen) atoms. The Kier molecular flexibility index (Phi) is 6.00. The molecule has 0 unspecified atom stereocenters. The SMILES string of the molecule is C=C(CC[C@@H](O)C(C)(C)O)[C@H](O)COc1ccc2ccc(=O)oc2c1. The molecule has 6 nitrogen and oxygen atoms in total. The molecule has 0 radical (unpaired) electrons. The third kappa shape index (κ3) is 5.42. The van der Waals surface area contributed by atoms with Crippen molar-refractivity contribution >= 4 is 11.0 Å². The summed E-state index contributed by atoms with van der Waals surface area (Å²) in [5, 5.41) is 30.4. The van der Waals surface area contributed by atoms with E-state index >= 15 is 0 Å². The summed E-state index contributed by atoms with van der Waals surface area (Å²) in [5.74, 6) is 0.463. The number of fused-ring (bicyclic) bond motifs is 1. The Balaban J connectivity index is 1.89. The maximum absolute atomic E-state index is 11.3. The summed E-state index contributed by atoms with van der Waals surface area (Å²) in [6.45, 7) is 6.84. The van der Waals surface area contributed by atoms with Gasteiger partial charge in [-0.25, -0.2) is 4.79 Å². The molecule has 2 aromatic rings. The van der Waals surface area contributed by atoms with E-state index in [9.17, 15) is 20.1 Å². The minimum absolute atomic E-state index is 0.0139. The van der Waals surface area contributed by atoms with Gasteiger partial charge in [0, 0.05) is 17.5 Å². The Morgan fingerprint density at radius 3 is 2.64 bits per heavy atom. The van der Waals surface area contributed by atoms with Gasteiger partial charge in [0.05, 0.1) is 11.7 Å². The molecule has 0 saturated heterocycles. The molecule has 1 aromatic carbocycles. The van der Waals surface area contributed by atoms with Gasteiger partial charge in [0.1, 0.15) is 24.0 Å². The average molecular weight is 348 g/mol. The van der Waals surface area contributed by atoms with Crippen LogP contribution in [-0.4, -0.2) is 39.7 Å². The van der Waals surface area contributed by atoms with Gasteiger partial charge in [-0.15, -0.1) is 0 Å². The summed E-state index contributed by atoms with van der Waals surface area (Å²) >= 11 is 0. The monoisotopic (exact) mass is 348 g/mol. The molecule has 0 bridgehead atoms. The lowest BCUT2D eigenvalue weighted by molar-refractivity contribution is -0.0515. The van der Waals surface area contributed by atoms with Crippen LogP contribution in [0.1, 0.15) is 26.7 Å². The van der Waals surface area contributed by atoms with Gasteiger partial charge < -0.3 is 24.5 Å². The minimum Gasteiger partial charge on any atom is -0.490 e. The molecule has 136 valence electrons. The molecule has 3 N–H and O–H groups in total. The molecule has 1 aromatic heterocycles. The normalized spacial score (nSPS) is 14.3. The highest BCUT2D eigenvalue weighted by atomic mass is 16.5. The fourth-order valence-corrected chi connectivity index (χ4v) is 2.27. The quantitative estimate of drug-likeness (QED) is 0.498. The zero-order valence-electron chi connectivity index (χ0n) is 14.4. The van der Waals surface area contributed by atoms with Crippen molar-refractivity contribution in [2.45, 2.75) is 44.5 Å². The lowest BCUT2D eigenvalue weighted by atomic mass is 9.94. The van der Waals surface area contributed by atoms with E-state index in [1.807, 2.05) is 0 Å². The molecular weight excluding hydrogens is 324 g/mol. The van der Waals surface area contributed by atoms with Crippen LogP contribution in [0.15, 0.2) is 51.7 Å². The molecule has 1 heterocycles. The van der Waals surface area contributed by atoms with Gasteiger partial charge in [-0.05, 0) is 50.5 Å². The Hall–Kier alpha value is -2.15. The van der Waals surface area contributed by atoms with E-state index in [2.05, 4.69) is 6.58 Å². The average Bonchev–Trinajstić information content (AvgIpc) is 2.55. The van der Waals surface area contributed by atoms with Crippen molar-refractivity contribution in [2.75, 3.05) is 6.61 Å². The van der Waals surface area contributed by atoms with Gasteiger partial charge in [-0.3, -0.25) is 0 Å². The van der Waals surface area contributed by atoms with Crippen LogP contribution in [-0.2, 0) is 0 Å². The standard InChI is InChI=1S/C19H24O6/c1-12(4-8-17(21)19(2,3)23)15(20)11-24-14-7-5-13-6-9-18(22)25-16(13)10-14/h5-7,9-10,15,17,20-21,23H,1,4,8,11H2,2-3H3/t15-,17-/m1/s1. The molecule has 0 aliphatic rings. The number of benzene rings is 1. The highest BCUT2D eigenvalue weighted by Gasteiger charge is 2.24. The first kappa shape index (κ1) is 19.2. The van der Waals surface area contributed by atoms with Crippen molar-refractivity contribution in [3.8, 4) is 5.75 Å². The summed E-state index contributed by atoms with van der Waals surface area (Å²) < 4.78 is 10.6. The van der Waals surface area contributed by atoms with Gasteiger partial charge in [0.2, 0.25) is 0 Å². The molecule has 0 amide bonds. The van der Waals surface area contributed by atoms with Crippen molar-refractivity contribution in [1.29, 1.82) is 0 Å². The molecule has 0 aliphatic heterocycles. The zero-order valence-corrected chi connectivity index (χ0v) is 14.4. The number of hydrogen-bond acceptors (Lipinski definition) is 6. The Labute approximate surface area is 146 Å². The molecule has 6 heteroatoms. The number of aliphatic hydroxyl groups is 3. The first-order chi connectivity index (χ1) is 11.7. The molecular formula is C19H24O6. The minimum atomic E-state index is -1.20. The van der Waals surface area contributed by atoms with Crippen LogP contribution in [0.2, 0.25) is 0 Å². The highest BCUT2D eigenvalue weighted by Crippen LogP contribution is 2.21. The third-order valence-corrected chi connectivity index (χ3v) is 4.03. The molecule has 2 rings (SSSR count). The Morgan fingerprint density at radius 1 is 1.28 bits per heavy atom. The molecule has 0 aliphatic carbocycles. The van der Waals surface area contributed by atoms with Crippen LogP contribution in [0.25, 0.3) is 11.0 Å². The Morgan fingerprint density at radius 2 is 1.96 bits per heavy atom. The third-order valence-electron chi connectivity index (χ3n) is 4.03. The van der Waals surface area contributed by atoms with Crippen LogP contribution < -0.4 is 10.4 Å². The van der Waals surface area contributed by atoms with Gasteiger partial charge >= 0.3 is 5.63 Å². The smallest absolute Gasteiger partial charge is 0.336 e. The van der Waals surface area contributed by atoms with Gasteiger partial charge in [0.15, 0.2) is 0 Å². The van der Waals surface area contributed by atoms with Crippen LogP contribution in [0.4, 0.5) is 0 Å². The van der Waals surface area contributed by atoms with Gasteiger partial charge in [-0.1, -0.05) is 6.58 Å². The summed E-state index contributed by atoms with van der Waals surface area (Å²) in [6, 6.07) is 8.07. The topological polar surface area (TPSA) is 100 Å². The second kappa shape index (κ2) is 7.82. The van der Waals surface area contributed by atoms with Crippen LogP contribution >= 0.6 is 0 Å². The largest absolute Gasteiger partial charge is 0.490 e. The second-order valence-electron chi connectivity index (χ2n) is 6.65. The van der Waals surface area contributed by atoms with E-state index in [0.29, 0.717) is 29.7 Å². The predicted octanol–water partition coefficient (Wildman–Crippen LogP) is 2.00. The van der Waals surface area contributed by atoms with E-state index in [4.69, 9.17) is 9.15 Å². The zero-order chi connectivity index (χ0) is 18.6. The highest BCUT2D eigenvalue weighted by molar-refractivity contribution is 5.77. The van der Waals surface area contributed by atoms with E-state index < -0.39 is 23.4 Å². The van der Waals surface area contributed by atoms with Crippen molar-refractivity contribution in [3.63, 3.8) is 0 Å². The first-order valence-electron chi connectivity index (χ1n) is 8.09. The maximum Gasteiger partial charge on any atom is 0.336 e. The van der Waals surface area contributed by atoms with Gasteiger partial charge in [-0.2, -0.15) is 0 Å². The fraction of sp³-hybridized carbons (Fsp3) is 0.421. The van der Waals surface area contributed by atoms with E-state index in [1.54, 1.807) is 24.3 Å². The summed E-state index contributed by atoms with van der Waals surface area (Å²) in [5.41, 5.74) is -0.720. The summed E-state index contributed by atoms with van der Waals surface area (Å²) in [6.07, 6.45) is -1.16. The second-order valence-corrected chi connectivity index (χ2v) is 6.65. The molecule has 0 spiro atoms. The summed E-state index contributed by atoms with van der Waals surface area (Å²) in [7, 11) is 0. The van der Waals surface area contributed by atoms with Crippen molar-refractivity contribution in [2.24, 2.45) is 0 Å². The number of ether oxygens (including phenoxy) is 1. The van der Waals surface area contributed by atoms with Crippen LogP contribution in [0, 0.1) is 0 Å². The molecule has 0 fully saturated rings. The van der Waals surface area contributed by atoms with Crippen molar-refractivity contribution < 1.29 is 24.5 Å². The van der Waals surface area contributed by atoms with Crippen molar-refractivity contribution in [1.82, 2.24) is 0 Å². The van der Waals surface area contributed by atoms with Crippen LogP contribution in [0.5, 0.6) is 5.75 Å². The van der Waals surface area contributed by atoms with E-state index in [0.717, 1.165) is 5.39 Å². The van der Waals surface area contributed by atoms with E-state index in [1.165, 1.54) is 19.9 Å². The lowest BCUT2D eigenvalue weighted by Crippen LogP contribution is -2.36. The Bertz CT molecular complexity index is 786. The fourth-order valence-electron chi connectivity index (χ4n) is 2.27. The number of rotatable bonds is 8. The molecule has 2 atom stereocenters. The molecule has 0 saturated carbocycles. The van der Waals surface area contributed by atoms with Crippen LogP contribution in [0.3, 0.4) is 0 Å². The number of aliphatic hydroxyl groups excluding tert-OH is 2. The summed E-state index contributed by atoms with van der Waals surface area (Å²) in [4.78, 5) is 11.3. The first-order valence-corrected chi connectivity index (χ1v) is 8.09.